The Hall–Kier alpha value is -3.24. The van der Waals surface area contributed by atoms with E-state index >= 15 is 0 Å². The van der Waals surface area contributed by atoms with Gasteiger partial charge in [0.05, 0.1) is 0 Å². The Balaban J connectivity index is 1.74. The number of amides is 1. The second kappa shape index (κ2) is 7.47. The first-order valence-corrected chi connectivity index (χ1v) is 9.33. The van der Waals surface area contributed by atoms with Crippen molar-refractivity contribution in [3.63, 3.8) is 0 Å². The van der Waals surface area contributed by atoms with E-state index in [2.05, 4.69) is 15.3 Å². The summed E-state index contributed by atoms with van der Waals surface area (Å²) >= 11 is 0. The summed E-state index contributed by atoms with van der Waals surface area (Å²) in [6.45, 7) is -1.32. The van der Waals surface area contributed by atoms with E-state index in [0.717, 1.165) is 24.3 Å². The van der Waals surface area contributed by atoms with Crippen molar-refractivity contribution in [3.8, 4) is 0 Å². The van der Waals surface area contributed by atoms with Gasteiger partial charge in [0.2, 0.25) is 0 Å². The monoisotopic (exact) mass is 440 g/mol. The second-order valence-electron chi connectivity index (χ2n) is 7.52. The lowest BCUT2D eigenvalue weighted by atomic mass is 9.76. The average Bonchev–Trinajstić information content (AvgIpc) is 3.03. The SMILES string of the molecule is NC1=NC(CF)(c2cc(NC(=O)c3ncccc3F)ccc2F)C2CC(F)(F)C[C@@H]2O1. The van der Waals surface area contributed by atoms with Gasteiger partial charge in [0.1, 0.15) is 24.1 Å². The number of nitrogens with one attached hydrogen (secondary N) is 1. The van der Waals surface area contributed by atoms with Crippen molar-refractivity contribution in [2.24, 2.45) is 16.6 Å². The molecule has 1 aliphatic heterocycles. The molecule has 3 N–H and O–H groups in total. The van der Waals surface area contributed by atoms with Gasteiger partial charge in [0.15, 0.2) is 11.5 Å². The third-order valence-corrected chi connectivity index (χ3v) is 5.53. The number of carbonyl (C=O) groups excluding carboxylic acids is 1. The minimum Gasteiger partial charge on any atom is -0.461 e. The molecule has 4 rings (SSSR count). The van der Waals surface area contributed by atoms with E-state index in [9.17, 15) is 26.7 Å². The quantitative estimate of drug-likeness (QED) is 0.712. The summed E-state index contributed by atoms with van der Waals surface area (Å²) in [7, 11) is 0. The van der Waals surface area contributed by atoms with Crippen LogP contribution in [0.3, 0.4) is 0 Å². The number of hydrogen-bond donors (Lipinski definition) is 2. The van der Waals surface area contributed by atoms with E-state index in [4.69, 9.17) is 10.5 Å². The number of hydrogen-bond acceptors (Lipinski definition) is 5. The maximum atomic E-state index is 14.8. The zero-order valence-electron chi connectivity index (χ0n) is 15.9. The number of nitrogens with zero attached hydrogens (tertiary/aromatic N) is 2. The number of halogens is 5. The van der Waals surface area contributed by atoms with Gasteiger partial charge in [-0.05, 0) is 30.3 Å². The molecule has 1 aromatic carbocycles. The largest absolute Gasteiger partial charge is 0.461 e. The molecule has 1 aromatic heterocycles. The summed E-state index contributed by atoms with van der Waals surface area (Å²) in [5.41, 5.74) is 2.65. The zero-order valence-corrected chi connectivity index (χ0v) is 15.9. The van der Waals surface area contributed by atoms with Crippen molar-refractivity contribution in [2.45, 2.75) is 30.4 Å². The normalized spacial score (nSPS) is 26.5. The topological polar surface area (TPSA) is 89.6 Å². The maximum absolute atomic E-state index is 14.8. The Morgan fingerprint density at radius 3 is 2.71 bits per heavy atom. The van der Waals surface area contributed by atoms with Gasteiger partial charge in [-0.3, -0.25) is 4.79 Å². The molecule has 1 amide bonds. The number of ether oxygens (including phenoxy) is 1. The number of fused-ring (bicyclic) bond motifs is 1. The number of alkyl halides is 3. The molecule has 31 heavy (non-hydrogen) atoms. The molecule has 0 saturated heterocycles. The first-order chi connectivity index (χ1) is 14.6. The second-order valence-corrected chi connectivity index (χ2v) is 7.52. The molecule has 3 atom stereocenters. The number of amidine groups is 1. The highest BCUT2D eigenvalue weighted by Crippen LogP contribution is 2.53. The van der Waals surface area contributed by atoms with Gasteiger partial charge < -0.3 is 15.8 Å². The van der Waals surface area contributed by atoms with E-state index in [1.165, 1.54) is 12.3 Å². The summed E-state index contributed by atoms with van der Waals surface area (Å²) in [4.78, 5) is 19.9. The van der Waals surface area contributed by atoms with Crippen LogP contribution in [0.4, 0.5) is 27.6 Å². The van der Waals surface area contributed by atoms with Crippen molar-refractivity contribution in [1.29, 1.82) is 0 Å². The van der Waals surface area contributed by atoms with Gasteiger partial charge in [-0.15, -0.1) is 0 Å². The standard InChI is InChI=1S/C20H17F5N4O2/c21-9-20(12-7-19(24,25)8-15(12)31-18(26)29-20)11-6-10(3-4-13(11)22)28-17(30)16-14(23)2-1-5-27-16/h1-6,12,15H,7-9H2,(H2,26,29)(H,28,30)/t12?,15-,20?/m0/s1. The minimum atomic E-state index is -3.16. The Morgan fingerprint density at radius 1 is 1.23 bits per heavy atom. The van der Waals surface area contributed by atoms with E-state index in [-0.39, 0.29) is 11.3 Å². The van der Waals surface area contributed by atoms with Gasteiger partial charge in [-0.2, -0.15) is 0 Å². The summed E-state index contributed by atoms with van der Waals surface area (Å²) in [6, 6.07) is 4.98. The molecule has 6 nitrogen and oxygen atoms in total. The van der Waals surface area contributed by atoms with Crippen molar-refractivity contribution in [3.05, 3.63) is 59.4 Å². The molecule has 2 heterocycles. The number of carbonyl (C=O) groups is 1. The number of aliphatic imine (C=N–C) groups is 1. The lowest BCUT2D eigenvalue weighted by Gasteiger charge is -2.40. The molecule has 164 valence electrons. The van der Waals surface area contributed by atoms with Gasteiger partial charge in [0.25, 0.3) is 17.9 Å². The lowest BCUT2D eigenvalue weighted by molar-refractivity contribution is -0.00299. The van der Waals surface area contributed by atoms with Crippen LogP contribution in [0.5, 0.6) is 0 Å². The van der Waals surface area contributed by atoms with E-state index in [1.807, 2.05) is 0 Å². The molecule has 0 spiro atoms. The van der Waals surface area contributed by atoms with Crippen LogP contribution in [-0.4, -0.2) is 35.6 Å². The molecule has 0 bridgehead atoms. The summed E-state index contributed by atoms with van der Waals surface area (Å²) in [5.74, 6) is -7.07. The Morgan fingerprint density at radius 2 is 2.00 bits per heavy atom. The third-order valence-electron chi connectivity index (χ3n) is 5.53. The summed E-state index contributed by atoms with van der Waals surface area (Å²) < 4.78 is 76.3. The molecule has 1 aliphatic carbocycles. The predicted molar refractivity (Wildman–Crippen MR) is 100 cm³/mol. The fourth-order valence-electron chi connectivity index (χ4n) is 4.17. The summed E-state index contributed by atoms with van der Waals surface area (Å²) in [5, 5.41) is 2.34. The molecule has 11 heteroatoms. The van der Waals surface area contributed by atoms with Gasteiger partial charge in [-0.1, -0.05) is 0 Å². The van der Waals surface area contributed by atoms with Crippen LogP contribution in [0.2, 0.25) is 0 Å². The van der Waals surface area contributed by atoms with Crippen LogP contribution in [0, 0.1) is 17.6 Å². The fourth-order valence-corrected chi connectivity index (χ4v) is 4.17. The van der Waals surface area contributed by atoms with Crippen LogP contribution < -0.4 is 11.1 Å². The van der Waals surface area contributed by atoms with Crippen LogP contribution >= 0.6 is 0 Å². The van der Waals surface area contributed by atoms with Crippen LogP contribution in [-0.2, 0) is 10.3 Å². The Bertz CT molecular complexity index is 1060. The zero-order chi connectivity index (χ0) is 22.4. The molecule has 2 aliphatic rings. The van der Waals surface area contributed by atoms with Crippen LogP contribution in [0.1, 0.15) is 28.9 Å². The highest BCUT2D eigenvalue weighted by atomic mass is 19.3. The number of pyridine rings is 1. The van der Waals surface area contributed by atoms with E-state index < -0.39 is 72.3 Å². The highest BCUT2D eigenvalue weighted by molar-refractivity contribution is 6.03. The fraction of sp³-hybridized carbons (Fsp3) is 0.350. The van der Waals surface area contributed by atoms with Crippen LogP contribution in [0.15, 0.2) is 41.5 Å². The molecule has 2 aromatic rings. The van der Waals surface area contributed by atoms with Crippen molar-refractivity contribution >= 4 is 17.6 Å². The lowest BCUT2D eigenvalue weighted by Crippen LogP contribution is -2.48. The number of benzene rings is 1. The molecule has 1 saturated carbocycles. The average molecular weight is 440 g/mol. The van der Waals surface area contributed by atoms with Gasteiger partial charge >= 0.3 is 0 Å². The number of aromatic nitrogens is 1. The van der Waals surface area contributed by atoms with Crippen molar-refractivity contribution < 1.29 is 31.5 Å². The molecular formula is C20H17F5N4O2. The van der Waals surface area contributed by atoms with Crippen molar-refractivity contribution in [2.75, 3.05) is 12.0 Å². The van der Waals surface area contributed by atoms with Crippen molar-refractivity contribution in [1.82, 2.24) is 4.98 Å². The molecule has 0 radical (unpaired) electrons. The van der Waals surface area contributed by atoms with Gasteiger partial charge in [0, 0.05) is 36.2 Å². The number of rotatable bonds is 4. The van der Waals surface area contributed by atoms with Crippen LogP contribution in [0.25, 0.3) is 0 Å². The van der Waals surface area contributed by atoms with E-state index in [0.29, 0.717) is 0 Å². The summed E-state index contributed by atoms with van der Waals surface area (Å²) in [6.07, 6.45) is -1.41. The number of nitrogens with two attached hydrogens (primary N) is 1. The first-order valence-electron chi connectivity index (χ1n) is 9.33. The van der Waals surface area contributed by atoms with Gasteiger partial charge in [-0.25, -0.2) is 31.9 Å². The highest BCUT2D eigenvalue weighted by Gasteiger charge is 2.60. The predicted octanol–water partition coefficient (Wildman–Crippen LogP) is 3.54. The minimum absolute atomic E-state index is 0.0270. The number of anilines is 1. The smallest absolute Gasteiger partial charge is 0.283 e. The molecule has 2 unspecified atom stereocenters. The third kappa shape index (κ3) is 3.68. The maximum Gasteiger partial charge on any atom is 0.283 e. The Labute approximate surface area is 173 Å². The molecular weight excluding hydrogens is 423 g/mol. The molecule has 1 fully saturated rings. The Kier molecular flexibility index (Phi) is 5.06. The van der Waals surface area contributed by atoms with E-state index in [1.54, 1.807) is 0 Å². The first kappa shape index (κ1) is 21.0.